The molecule has 0 bridgehead atoms. The molecular weight excluding hydrogens is 160 g/mol. The molecule has 1 aromatic carbocycles. The van der Waals surface area contributed by atoms with E-state index in [0.29, 0.717) is 12.0 Å². The number of nitrogens with two attached hydrogens (primary N) is 1. The Morgan fingerprint density at radius 3 is 3.00 bits per heavy atom. The maximum atomic E-state index is 5.73. The lowest BCUT2D eigenvalue weighted by molar-refractivity contribution is 0.633. The molecule has 1 heterocycles. The van der Waals surface area contributed by atoms with Gasteiger partial charge in [-0.3, -0.25) is 4.99 Å². The van der Waals surface area contributed by atoms with Crippen molar-refractivity contribution in [3.8, 4) is 0 Å². The molecule has 0 saturated carbocycles. The van der Waals surface area contributed by atoms with E-state index in [1.54, 1.807) is 0 Å². The Morgan fingerprint density at radius 1 is 1.23 bits per heavy atom. The van der Waals surface area contributed by atoms with Crippen LogP contribution in [0, 0.1) is 0 Å². The molecule has 0 saturated heterocycles. The Labute approximate surface area is 77.5 Å². The molecule has 0 amide bonds. The molecule has 2 unspecified atom stereocenters. The molecule has 66 valence electrons. The number of amidine groups is 1. The first-order valence-electron chi connectivity index (χ1n) is 4.74. The Bertz CT molecular complexity index is 381. The summed E-state index contributed by atoms with van der Waals surface area (Å²) in [5.41, 5.74) is 8.67. The predicted octanol–water partition coefficient (Wildman–Crippen LogP) is 1.46. The van der Waals surface area contributed by atoms with Crippen LogP contribution in [0.2, 0.25) is 0 Å². The maximum absolute atomic E-state index is 5.73. The molecule has 2 nitrogen and oxygen atoms in total. The first-order valence-corrected chi connectivity index (χ1v) is 4.74. The summed E-state index contributed by atoms with van der Waals surface area (Å²) in [5.74, 6) is 1.42. The van der Waals surface area contributed by atoms with Crippen molar-refractivity contribution >= 4 is 5.84 Å². The fraction of sp³-hybridized carbons (Fsp3) is 0.364. The maximum Gasteiger partial charge on any atom is 0.0947 e. The van der Waals surface area contributed by atoms with E-state index in [4.69, 9.17) is 5.73 Å². The van der Waals surface area contributed by atoms with Crippen LogP contribution < -0.4 is 5.73 Å². The minimum Gasteiger partial charge on any atom is -0.387 e. The molecule has 1 aliphatic heterocycles. The fourth-order valence-corrected chi connectivity index (χ4v) is 2.53. The van der Waals surface area contributed by atoms with Crippen LogP contribution in [0.5, 0.6) is 0 Å². The van der Waals surface area contributed by atoms with Gasteiger partial charge in [-0.25, -0.2) is 0 Å². The summed E-state index contributed by atoms with van der Waals surface area (Å²) in [6, 6.07) is 9.08. The lowest BCUT2D eigenvalue weighted by Crippen LogP contribution is -2.09. The molecule has 2 N–H and O–H groups in total. The van der Waals surface area contributed by atoms with Crippen LogP contribution in [0.4, 0.5) is 0 Å². The quantitative estimate of drug-likeness (QED) is 0.632. The van der Waals surface area contributed by atoms with Gasteiger partial charge in [-0.15, -0.1) is 0 Å². The molecule has 2 atom stereocenters. The van der Waals surface area contributed by atoms with Gasteiger partial charge in [0.1, 0.15) is 0 Å². The Morgan fingerprint density at radius 2 is 2.08 bits per heavy atom. The number of rotatable bonds is 0. The topological polar surface area (TPSA) is 38.4 Å². The zero-order valence-electron chi connectivity index (χ0n) is 7.40. The summed E-state index contributed by atoms with van der Waals surface area (Å²) in [4.78, 5) is 4.46. The summed E-state index contributed by atoms with van der Waals surface area (Å²) in [6.07, 6.45) is 2.04. The van der Waals surface area contributed by atoms with Crippen molar-refractivity contribution in [2.24, 2.45) is 10.7 Å². The average Bonchev–Trinajstić information content (AvgIpc) is 2.60. The number of hydrogen-bond acceptors (Lipinski definition) is 2. The highest BCUT2D eigenvalue weighted by Crippen LogP contribution is 2.40. The number of fused-ring (bicyclic) bond motifs is 3. The van der Waals surface area contributed by atoms with Gasteiger partial charge in [0, 0.05) is 12.3 Å². The van der Waals surface area contributed by atoms with Crippen molar-refractivity contribution < 1.29 is 0 Å². The number of hydrogen-bond donors (Lipinski definition) is 1. The highest BCUT2D eigenvalue weighted by Gasteiger charge is 2.36. The van der Waals surface area contributed by atoms with Crippen molar-refractivity contribution in [3.63, 3.8) is 0 Å². The molecule has 0 aromatic heterocycles. The molecule has 1 aliphatic carbocycles. The number of nitrogens with zero attached hydrogens (tertiary/aromatic N) is 1. The van der Waals surface area contributed by atoms with Crippen LogP contribution in [-0.2, 0) is 6.42 Å². The summed E-state index contributed by atoms with van der Waals surface area (Å²) in [5, 5.41) is 0. The van der Waals surface area contributed by atoms with E-state index in [9.17, 15) is 0 Å². The van der Waals surface area contributed by atoms with E-state index < -0.39 is 0 Å². The van der Waals surface area contributed by atoms with E-state index in [1.165, 1.54) is 11.1 Å². The third-order valence-corrected chi connectivity index (χ3v) is 3.11. The zero-order valence-corrected chi connectivity index (χ0v) is 7.40. The average molecular weight is 172 g/mol. The lowest BCUT2D eigenvalue weighted by atomic mass is 9.97. The third-order valence-electron chi connectivity index (χ3n) is 3.11. The van der Waals surface area contributed by atoms with E-state index in [0.717, 1.165) is 18.7 Å². The highest BCUT2D eigenvalue weighted by molar-refractivity contribution is 5.84. The molecule has 13 heavy (non-hydrogen) atoms. The van der Waals surface area contributed by atoms with Gasteiger partial charge in [-0.1, -0.05) is 24.3 Å². The number of aliphatic imine (C=N–C) groups is 1. The second-order valence-corrected chi connectivity index (χ2v) is 3.90. The van der Waals surface area contributed by atoms with Gasteiger partial charge < -0.3 is 5.73 Å². The first-order chi connectivity index (χ1) is 6.34. The van der Waals surface area contributed by atoms with Gasteiger partial charge in [0.2, 0.25) is 0 Å². The highest BCUT2D eigenvalue weighted by atomic mass is 14.9. The van der Waals surface area contributed by atoms with E-state index in [-0.39, 0.29) is 0 Å². The van der Waals surface area contributed by atoms with E-state index in [2.05, 4.69) is 29.3 Å². The zero-order chi connectivity index (χ0) is 8.84. The van der Waals surface area contributed by atoms with Crippen LogP contribution in [-0.4, -0.2) is 11.9 Å². The molecule has 2 aliphatic rings. The van der Waals surface area contributed by atoms with Crippen molar-refractivity contribution in [3.05, 3.63) is 35.4 Å². The molecule has 0 radical (unpaired) electrons. The van der Waals surface area contributed by atoms with Gasteiger partial charge in [0.25, 0.3) is 0 Å². The molecular formula is C11H12N2. The van der Waals surface area contributed by atoms with Crippen molar-refractivity contribution in [1.82, 2.24) is 0 Å². The Balaban J connectivity index is 2.06. The van der Waals surface area contributed by atoms with Crippen LogP contribution in [0.25, 0.3) is 0 Å². The minimum atomic E-state index is 0.442. The summed E-state index contributed by atoms with van der Waals surface area (Å²) < 4.78 is 0. The van der Waals surface area contributed by atoms with Crippen LogP contribution in [0.1, 0.15) is 23.5 Å². The monoisotopic (exact) mass is 172 g/mol. The van der Waals surface area contributed by atoms with Gasteiger partial charge in [-0.05, 0) is 17.5 Å². The minimum absolute atomic E-state index is 0.442. The van der Waals surface area contributed by atoms with Gasteiger partial charge in [0.05, 0.1) is 11.9 Å². The van der Waals surface area contributed by atoms with E-state index in [1.807, 2.05) is 0 Å². The first kappa shape index (κ1) is 7.13. The largest absolute Gasteiger partial charge is 0.387 e. The predicted molar refractivity (Wildman–Crippen MR) is 52.9 cm³/mol. The molecule has 0 spiro atoms. The summed E-state index contributed by atoms with van der Waals surface area (Å²) >= 11 is 0. The lowest BCUT2D eigenvalue weighted by Gasteiger charge is -2.06. The van der Waals surface area contributed by atoms with E-state index >= 15 is 0 Å². The summed E-state index contributed by atoms with van der Waals surface area (Å²) in [6.45, 7) is 0. The van der Waals surface area contributed by atoms with Crippen LogP contribution >= 0.6 is 0 Å². The van der Waals surface area contributed by atoms with Gasteiger partial charge in [0.15, 0.2) is 0 Å². The van der Waals surface area contributed by atoms with Crippen molar-refractivity contribution in [2.45, 2.75) is 24.8 Å². The van der Waals surface area contributed by atoms with Gasteiger partial charge >= 0.3 is 0 Å². The normalized spacial score (nSPS) is 29.7. The third kappa shape index (κ3) is 0.916. The molecule has 3 rings (SSSR count). The second kappa shape index (κ2) is 2.34. The molecule has 2 heteroatoms. The number of benzene rings is 1. The van der Waals surface area contributed by atoms with Gasteiger partial charge in [-0.2, -0.15) is 0 Å². The van der Waals surface area contributed by atoms with Crippen molar-refractivity contribution in [2.75, 3.05) is 0 Å². The summed E-state index contributed by atoms with van der Waals surface area (Å²) in [7, 11) is 0. The fourth-order valence-electron chi connectivity index (χ4n) is 2.53. The Kier molecular flexibility index (Phi) is 1.29. The SMILES string of the molecule is NC1=NC2Cc3ccccc3C2C1. The van der Waals surface area contributed by atoms with Crippen molar-refractivity contribution in [1.29, 1.82) is 0 Å². The Hall–Kier alpha value is -1.31. The molecule has 1 aromatic rings. The molecule has 0 fully saturated rings. The van der Waals surface area contributed by atoms with Crippen LogP contribution in [0.3, 0.4) is 0 Å². The smallest absolute Gasteiger partial charge is 0.0947 e. The second-order valence-electron chi connectivity index (χ2n) is 3.90. The standard InChI is InChI=1S/C11H12N2/c12-11-6-9-8-4-2-1-3-7(8)5-10(9)13-11/h1-4,9-10H,5-6H2,(H2,12,13). The van der Waals surface area contributed by atoms with Crippen LogP contribution in [0.15, 0.2) is 29.3 Å².